The summed E-state index contributed by atoms with van der Waals surface area (Å²) in [4.78, 5) is 19.0. The quantitative estimate of drug-likeness (QED) is 0.556. The number of aromatic amines is 1. The largest absolute Gasteiger partial charge is 0.497 e. The first-order valence-electron chi connectivity index (χ1n) is 9.24. The van der Waals surface area contributed by atoms with E-state index in [1.54, 1.807) is 13.3 Å². The van der Waals surface area contributed by atoms with Crippen molar-refractivity contribution in [3.63, 3.8) is 0 Å². The molecule has 0 saturated heterocycles. The number of nitrogens with zero attached hydrogens (tertiary/aromatic N) is 4. The fourth-order valence-corrected chi connectivity index (χ4v) is 3.14. The molecule has 0 aliphatic carbocycles. The maximum atomic E-state index is 5.25. The van der Waals surface area contributed by atoms with Crippen LogP contribution in [0.15, 0.2) is 54.9 Å². The molecule has 0 atom stereocenters. The first-order chi connectivity index (χ1) is 13.6. The molecule has 0 aliphatic heterocycles. The van der Waals surface area contributed by atoms with Crippen molar-refractivity contribution in [1.82, 2.24) is 19.9 Å². The van der Waals surface area contributed by atoms with Gasteiger partial charge in [-0.2, -0.15) is 0 Å². The van der Waals surface area contributed by atoms with Gasteiger partial charge in [0.2, 0.25) is 0 Å². The number of fused-ring (bicyclic) bond motifs is 1. The highest BCUT2D eigenvalue weighted by molar-refractivity contribution is 5.78. The average Bonchev–Trinajstić information content (AvgIpc) is 3.14. The van der Waals surface area contributed by atoms with Gasteiger partial charge in [-0.1, -0.05) is 12.1 Å². The molecule has 0 unspecified atom stereocenters. The zero-order chi connectivity index (χ0) is 19.5. The van der Waals surface area contributed by atoms with Gasteiger partial charge >= 0.3 is 0 Å². The lowest BCUT2D eigenvalue weighted by Gasteiger charge is -2.12. The summed E-state index contributed by atoms with van der Waals surface area (Å²) in [6, 6.07) is 14.4. The number of anilines is 1. The van der Waals surface area contributed by atoms with Crippen molar-refractivity contribution in [2.75, 3.05) is 26.1 Å². The van der Waals surface area contributed by atoms with Crippen LogP contribution in [0.25, 0.3) is 22.3 Å². The third-order valence-electron chi connectivity index (χ3n) is 4.75. The number of aryl methyl sites for hydroxylation is 2. The zero-order valence-corrected chi connectivity index (χ0v) is 16.3. The first-order valence-corrected chi connectivity index (χ1v) is 9.24. The molecule has 4 aromatic rings. The molecule has 6 heteroatoms. The third kappa shape index (κ3) is 3.81. The molecule has 0 aliphatic rings. The normalized spacial score (nSPS) is 11.0. The van der Waals surface area contributed by atoms with E-state index in [0.29, 0.717) is 0 Å². The second kappa shape index (κ2) is 7.68. The molecule has 0 saturated carbocycles. The van der Waals surface area contributed by atoms with Crippen LogP contribution in [0, 0.1) is 0 Å². The maximum absolute atomic E-state index is 5.25. The zero-order valence-electron chi connectivity index (χ0n) is 16.3. The molecule has 0 spiro atoms. The van der Waals surface area contributed by atoms with Crippen LogP contribution in [-0.2, 0) is 12.8 Å². The van der Waals surface area contributed by atoms with Gasteiger partial charge in [0, 0.05) is 55.9 Å². The summed E-state index contributed by atoms with van der Waals surface area (Å²) in [6.07, 6.45) is 5.20. The summed E-state index contributed by atoms with van der Waals surface area (Å²) < 4.78 is 5.25. The van der Waals surface area contributed by atoms with Gasteiger partial charge in [0.05, 0.1) is 12.6 Å². The van der Waals surface area contributed by atoms with Gasteiger partial charge in [-0.05, 0) is 36.2 Å². The lowest BCUT2D eigenvalue weighted by Crippen LogP contribution is -2.07. The molecule has 3 aromatic heterocycles. The fourth-order valence-electron chi connectivity index (χ4n) is 3.14. The summed E-state index contributed by atoms with van der Waals surface area (Å²) >= 11 is 0. The van der Waals surface area contributed by atoms with Crippen LogP contribution in [0.4, 0.5) is 5.69 Å². The number of imidazole rings is 1. The van der Waals surface area contributed by atoms with Gasteiger partial charge in [-0.15, -0.1) is 0 Å². The van der Waals surface area contributed by atoms with Crippen molar-refractivity contribution in [2.45, 2.75) is 12.8 Å². The molecule has 0 radical (unpaired) electrons. The third-order valence-corrected chi connectivity index (χ3v) is 4.75. The van der Waals surface area contributed by atoms with Crippen molar-refractivity contribution in [3.8, 4) is 16.9 Å². The molecule has 0 bridgehead atoms. The van der Waals surface area contributed by atoms with Crippen LogP contribution in [0.2, 0.25) is 0 Å². The summed E-state index contributed by atoms with van der Waals surface area (Å²) in [5.74, 6) is 1.73. The van der Waals surface area contributed by atoms with E-state index in [1.807, 2.05) is 32.4 Å². The predicted octanol–water partition coefficient (Wildman–Crippen LogP) is 3.88. The molecular weight excluding hydrogens is 350 g/mol. The standard InChI is InChI=1S/C22H23N5O/c1-27(2)18-7-4-15(5-8-18)16-12-20-22(24-14-16)26-21(25-20)9-6-17-13-19(28-3)10-11-23-17/h4-5,7-8,10-14H,6,9H2,1-3H3,(H,24,25,26). The fraction of sp³-hybridized carbons (Fsp3) is 0.227. The van der Waals surface area contributed by atoms with Crippen molar-refractivity contribution in [2.24, 2.45) is 0 Å². The van der Waals surface area contributed by atoms with E-state index < -0.39 is 0 Å². The number of hydrogen-bond donors (Lipinski definition) is 1. The van der Waals surface area contributed by atoms with E-state index in [2.05, 4.69) is 55.2 Å². The Labute approximate surface area is 164 Å². The second-order valence-electron chi connectivity index (χ2n) is 6.91. The topological polar surface area (TPSA) is 66.9 Å². The van der Waals surface area contributed by atoms with Crippen LogP contribution < -0.4 is 9.64 Å². The maximum Gasteiger partial charge on any atom is 0.177 e. The summed E-state index contributed by atoms with van der Waals surface area (Å²) in [5.41, 5.74) is 6.05. The van der Waals surface area contributed by atoms with E-state index in [4.69, 9.17) is 4.74 Å². The van der Waals surface area contributed by atoms with Crippen molar-refractivity contribution < 1.29 is 4.74 Å². The predicted molar refractivity (Wildman–Crippen MR) is 112 cm³/mol. The molecule has 1 N–H and O–H groups in total. The summed E-state index contributed by atoms with van der Waals surface area (Å²) in [6.45, 7) is 0. The van der Waals surface area contributed by atoms with Gasteiger partial charge < -0.3 is 14.6 Å². The molecule has 3 heterocycles. The molecule has 6 nitrogen and oxygen atoms in total. The van der Waals surface area contributed by atoms with Gasteiger partial charge in [0.1, 0.15) is 11.6 Å². The Kier molecular flexibility index (Phi) is 4.93. The molecule has 0 fully saturated rings. The number of pyridine rings is 2. The number of rotatable bonds is 6. The Bertz CT molecular complexity index is 1090. The van der Waals surface area contributed by atoms with Crippen molar-refractivity contribution in [3.05, 3.63) is 66.4 Å². The number of methoxy groups -OCH3 is 1. The van der Waals surface area contributed by atoms with Crippen molar-refractivity contribution in [1.29, 1.82) is 0 Å². The number of nitrogens with one attached hydrogen (secondary N) is 1. The SMILES string of the molecule is COc1ccnc(CCc2nc3ncc(-c4ccc(N(C)C)cc4)cc3[nH]2)c1. The van der Waals surface area contributed by atoms with Gasteiger partial charge in [0.15, 0.2) is 5.65 Å². The molecule has 4 rings (SSSR count). The number of benzene rings is 1. The first kappa shape index (κ1) is 18.0. The van der Waals surface area contributed by atoms with E-state index in [1.165, 1.54) is 5.69 Å². The van der Waals surface area contributed by atoms with Crippen LogP contribution >= 0.6 is 0 Å². The van der Waals surface area contributed by atoms with E-state index in [0.717, 1.165) is 52.4 Å². The Hall–Kier alpha value is -3.41. The van der Waals surface area contributed by atoms with E-state index in [9.17, 15) is 0 Å². The van der Waals surface area contributed by atoms with Crippen LogP contribution in [0.3, 0.4) is 0 Å². The number of H-pyrrole nitrogens is 1. The summed E-state index contributed by atoms with van der Waals surface area (Å²) in [7, 11) is 5.74. The van der Waals surface area contributed by atoms with Crippen LogP contribution in [0.5, 0.6) is 5.75 Å². The average molecular weight is 373 g/mol. The lowest BCUT2D eigenvalue weighted by atomic mass is 10.1. The van der Waals surface area contributed by atoms with E-state index >= 15 is 0 Å². The Morgan fingerprint density at radius 1 is 0.964 bits per heavy atom. The minimum Gasteiger partial charge on any atom is -0.497 e. The minimum atomic E-state index is 0.738. The van der Waals surface area contributed by atoms with Crippen LogP contribution in [0.1, 0.15) is 11.5 Å². The molecule has 1 aromatic carbocycles. The number of hydrogen-bond acceptors (Lipinski definition) is 5. The highest BCUT2D eigenvalue weighted by Crippen LogP contribution is 2.24. The Morgan fingerprint density at radius 2 is 1.79 bits per heavy atom. The van der Waals surface area contributed by atoms with E-state index in [-0.39, 0.29) is 0 Å². The van der Waals surface area contributed by atoms with Gasteiger partial charge in [-0.3, -0.25) is 4.98 Å². The highest BCUT2D eigenvalue weighted by Gasteiger charge is 2.08. The number of aromatic nitrogens is 4. The molecule has 142 valence electrons. The monoisotopic (exact) mass is 373 g/mol. The second-order valence-corrected chi connectivity index (χ2v) is 6.91. The summed E-state index contributed by atoms with van der Waals surface area (Å²) in [5, 5.41) is 0. The lowest BCUT2D eigenvalue weighted by molar-refractivity contribution is 0.413. The van der Waals surface area contributed by atoms with Crippen LogP contribution in [-0.4, -0.2) is 41.1 Å². The molecular formula is C22H23N5O. The van der Waals surface area contributed by atoms with Gasteiger partial charge in [0.25, 0.3) is 0 Å². The smallest absolute Gasteiger partial charge is 0.177 e. The Balaban J connectivity index is 1.52. The Morgan fingerprint density at radius 3 is 2.54 bits per heavy atom. The number of ether oxygens (including phenoxy) is 1. The van der Waals surface area contributed by atoms with Gasteiger partial charge in [-0.25, -0.2) is 9.97 Å². The minimum absolute atomic E-state index is 0.738. The van der Waals surface area contributed by atoms with Crippen molar-refractivity contribution >= 4 is 16.9 Å². The molecule has 28 heavy (non-hydrogen) atoms. The molecule has 0 amide bonds. The highest BCUT2D eigenvalue weighted by atomic mass is 16.5.